The normalized spacial score (nSPS) is 16.5. The third-order valence-electron chi connectivity index (χ3n) is 1.63. The molecule has 0 atom stereocenters. The molecule has 1 N–H and O–H groups in total. The second kappa shape index (κ2) is 4.43. The molecule has 1 aliphatic rings. The standard InChI is InChI=1S/C8H14N2O2S/c1-2-6-9-13(11,12)10-7-4-3-5-8-10/h3-5,7,9H,2,6,8H2,1H3. The second-order valence-corrected chi connectivity index (χ2v) is 4.45. The number of allylic oxidation sites excluding steroid dienone is 2. The van der Waals surface area contributed by atoms with Crippen LogP contribution in [0.5, 0.6) is 0 Å². The SMILES string of the molecule is CCCNS(=O)(=O)N1C=CC=CC1. The molecule has 0 saturated heterocycles. The van der Waals surface area contributed by atoms with Crippen LogP contribution in [0.3, 0.4) is 0 Å². The third kappa shape index (κ3) is 2.86. The van der Waals surface area contributed by atoms with E-state index in [4.69, 9.17) is 0 Å². The van der Waals surface area contributed by atoms with Crippen molar-refractivity contribution in [3.05, 3.63) is 24.4 Å². The molecule has 0 aromatic rings. The van der Waals surface area contributed by atoms with Gasteiger partial charge in [-0.15, -0.1) is 0 Å². The quantitative estimate of drug-likeness (QED) is 0.726. The number of nitrogens with one attached hydrogen (secondary N) is 1. The molecule has 1 rings (SSSR count). The Morgan fingerprint density at radius 1 is 1.46 bits per heavy atom. The van der Waals surface area contributed by atoms with Crippen LogP contribution in [0.15, 0.2) is 24.4 Å². The first-order chi connectivity index (χ1) is 6.17. The minimum atomic E-state index is -3.30. The molecule has 5 heteroatoms. The number of hydrogen-bond donors (Lipinski definition) is 1. The summed E-state index contributed by atoms with van der Waals surface area (Å²) in [5, 5.41) is 0. The van der Waals surface area contributed by atoms with Gasteiger partial charge >= 0.3 is 10.2 Å². The topological polar surface area (TPSA) is 49.4 Å². The zero-order chi connectivity index (χ0) is 9.73. The average molecular weight is 202 g/mol. The molecule has 0 saturated carbocycles. The van der Waals surface area contributed by atoms with Crippen molar-refractivity contribution in [3.63, 3.8) is 0 Å². The van der Waals surface area contributed by atoms with Gasteiger partial charge in [0.05, 0.1) is 6.54 Å². The molecule has 0 unspecified atom stereocenters. The third-order valence-corrected chi connectivity index (χ3v) is 3.09. The van der Waals surface area contributed by atoms with E-state index < -0.39 is 10.2 Å². The highest BCUT2D eigenvalue weighted by Crippen LogP contribution is 2.03. The first kappa shape index (κ1) is 10.3. The van der Waals surface area contributed by atoms with Gasteiger partial charge in [-0.25, -0.2) is 0 Å². The smallest absolute Gasteiger partial charge is 0.261 e. The minimum absolute atomic E-state index is 0.412. The maximum Gasteiger partial charge on any atom is 0.301 e. The van der Waals surface area contributed by atoms with E-state index in [9.17, 15) is 8.42 Å². The molecular formula is C8H14N2O2S. The average Bonchev–Trinajstić information content (AvgIpc) is 2.16. The predicted octanol–water partition coefficient (Wildman–Crippen LogP) is 0.616. The van der Waals surface area contributed by atoms with Gasteiger partial charge in [0.15, 0.2) is 0 Å². The summed E-state index contributed by atoms with van der Waals surface area (Å²) in [4.78, 5) is 0. The Balaban J connectivity index is 2.59. The molecule has 0 bridgehead atoms. The molecular weight excluding hydrogens is 188 g/mol. The van der Waals surface area contributed by atoms with E-state index in [1.807, 2.05) is 13.0 Å². The molecule has 0 amide bonds. The van der Waals surface area contributed by atoms with Crippen molar-refractivity contribution in [2.24, 2.45) is 0 Å². The Bertz CT molecular complexity index is 306. The van der Waals surface area contributed by atoms with E-state index >= 15 is 0 Å². The van der Waals surface area contributed by atoms with Crippen LogP contribution in [0.4, 0.5) is 0 Å². The highest BCUT2D eigenvalue weighted by atomic mass is 32.2. The fourth-order valence-corrected chi connectivity index (χ4v) is 2.08. The van der Waals surface area contributed by atoms with Gasteiger partial charge in [-0.05, 0) is 12.5 Å². The van der Waals surface area contributed by atoms with Crippen molar-refractivity contribution in [2.75, 3.05) is 13.1 Å². The Morgan fingerprint density at radius 2 is 2.23 bits per heavy atom. The molecule has 74 valence electrons. The minimum Gasteiger partial charge on any atom is -0.261 e. The van der Waals surface area contributed by atoms with Crippen molar-refractivity contribution in [1.82, 2.24) is 9.03 Å². The van der Waals surface area contributed by atoms with Crippen molar-refractivity contribution in [1.29, 1.82) is 0 Å². The molecule has 1 aliphatic heterocycles. The van der Waals surface area contributed by atoms with E-state index in [-0.39, 0.29) is 0 Å². The maximum absolute atomic E-state index is 11.5. The van der Waals surface area contributed by atoms with Crippen LogP contribution in [0, 0.1) is 0 Å². The van der Waals surface area contributed by atoms with Gasteiger partial charge in [0, 0.05) is 12.7 Å². The molecule has 0 aliphatic carbocycles. The summed E-state index contributed by atoms with van der Waals surface area (Å²) in [7, 11) is -3.30. The van der Waals surface area contributed by atoms with Gasteiger partial charge in [0.2, 0.25) is 0 Å². The van der Waals surface area contributed by atoms with E-state index in [1.165, 1.54) is 4.31 Å². The Labute approximate surface area is 79.1 Å². The Kier molecular flexibility index (Phi) is 3.50. The Morgan fingerprint density at radius 3 is 2.77 bits per heavy atom. The number of rotatable bonds is 4. The zero-order valence-corrected chi connectivity index (χ0v) is 8.42. The molecule has 0 spiro atoms. The lowest BCUT2D eigenvalue weighted by Crippen LogP contribution is -2.38. The van der Waals surface area contributed by atoms with E-state index in [1.54, 1.807) is 18.4 Å². The maximum atomic E-state index is 11.5. The van der Waals surface area contributed by atoms with Gasteiger partial charge in [0.1, 0.15) is 0 Å². The highest BCUT2D eigenvalue weighted by molar-refractivity contribution is 7.87. The monoisotopic (exact) mass is 202 g/mol. The molecule has 0 aromatic heterocycles. The van der Waals surface area contributed by atoms with Gasteiger partial charge in [0.25, 0.3) is 0 Å². The largest absolute Gasteiger partial charge is 0.301 e. The summed E-state index contributed by atoms with van der Waals surface area (Å²) < 4.78 is 26.7. The summed E-state index contributed by atoms with van der Waals surface area (Å²) in [6.07, 6.45) is 7.68. The van der Waals surface area contributed by atoms with Crippen LogP contribution in [-0.2, 0) is 10.2 Å². The molecule has 1 heterocycles. The molecule has 13 heavy (non-hydrogen) atoms. The summed E-state index contributed by atoms with van der Waals surface area (Å²) in [6.45, 7) is 2.82. The summed E-state index contributed by atoms with van der Waals surface area (Å²) in [5.41, 5.74) is 0. The lowest BCUT2D eigenvalue weighted by Gasteiger charge is -2.20. The van der Waals surface area contributed by atoms with Crippen LogP contribution < -0.4 is 4.72 Å². The molecule has 0 fully saturated rings. The number of hydrogen-bond acceptors (Lipinski definition) is 2. The van der Waals surface area contributed by atoms with E-state index in [2.05, 4.69) is 4.72 Å². The van der Waals surface area contributed by atoms with Gasteiger partial charge in [-0.1, -0.05) is 19.1 Å². The van der Waals surface area contributed by atoms with Crippen LogP contribution >= 0.6 is 0 Å². The van der Waals surface area contributed by atoms with Crippen molar-refractivity contribution in [3.8, 4) is 0 Å². The molecule has 0 aromatic carbocycles. The second-order valence-electron chi connectivity index (χ2n) is 2.74. The summed E-state index contributed by atoms with van der Waals surface area (Å²) >= 11 is 0. The van der Waals surface area contributed by atoms with Crippen molar-refractivity contribution < 1.29 is 8.42 Å². The Hall–Kier alpha value is -0.810. The van der Waals surface area contributed by atoms with Gasteiger partial charge in [-0.2, -0.15) is 13.1 Å². The van der Waals surface area contributed by atoms with Crippen LogP contribution in [0.25, 0.3) is 0 Å². The fourth-order valence-electron chi connectivity index (χ4n) is 0.942. The van der Waals surface area contributed by atoms with Crippen LogP contribution in [0.2, 0.25) is 0 Å². The number of nitrogens with zero attached hydrogens (tertiary/aromatic N) is 1. The highest BCUT2D eigenvalue weighted by Gasteiger charge is 2.16. The van der Waals surface area contributed by atoms with Crippen molar-refractivity contribution >= 4 is 10.2 Å². The van der Waals surface area contributed by atoms with Gasteiger partial charge < -0.3 is 0 Å². The fraction of sp³-hybridized carbons (Fsp3) is 0.500. The van der Waals surface area contributed by atoms with Gasteiger partial charge in [-0.3, -0.25) is 4.31 Å². The van der Waals surface area contributed by atoms with Crippen molar-refractivity contribution in [2.45, 2.75) is 13.3 Å². The summed E-state index contributed by atoms with van der Waals surface area (Å²) in [5.74, 6) is 0. The zero-order valence-electron chi connectivity index (χ0n) is 7.60. The van der Waals surface area contributed by atoms with E-state index in [0.717, 1.165) is 6.42 Å². The lowest BCUT2D eigenvalue weighted by atomic mass is 10.4. The predicted molar refractivity (Wildman–Crippen MR) is 52.2 cm³/mol. The first-order valence-corrected chi connectivity index (χ1v) is 5.70. The van der Waals surface area contributed by atoms with Crippen LogP contribution in [0.1, 0.15) is 13.3 Å². The molecule has 0 radical (unpaired) electrons. The first-order valence-electron chi connectivity index (χ1n) is 4.26. The van der Waals surface area contributed by atoms with E-state index in [0.29, 0.717) is 13.1 Å². The lowest BCUT2D eigenvalue weighted by molar-refractivity contribution is 0.505. The molecule has 4 nitrogen and oxygen atoms in total. The summed E-state index contributed by atoms with van der Waals surface area (Å²) in [6, 6.07) is 0. The van der Waals surface area contributed by atoms with Crippen LogP contribution in [-0.4, -0.2) is 25.8 Å².